The molecule has 0 bridgehead atoms. The Hall–Kier alpha value is -4.21. The Labute approximate surface area is 425 Å². The SMILES string of the molecule is Nc1ccc(N=Nc2cc(S(=O)(=O)O)c3cc(S(=O)(=O)O)c(N=Nc4ccc(-c5ccc(N=Nc6cc(S(=O)(=O)[O-])c7ccccc7c6[O-])cc5)cc4)c([O-])c3c2N)cc1.[Na+].[Na+].[Na+]. The van der Waals surface area contributed by atoms with E-state index < -0.39 is 78.7 Å². The zero-order valence-corrected chi connectivity index (χ0v) is 41.6. The average Bonchev–Trinajstić information content (AvgIpc) is 3.19. The number of benzene rings is 7. The molecule has 7 aromatic carbocycles. The zero-order valence-electron chi connectivity index (χ0n) is 33.1. The summed E-state index contributed by atoms with van der Waals surface area (Å²) in [5.41, 5.74) is 12.2. The van der Waals surface area contributed by atoms with Gasteiger partial charge in [0.05, 0.1) is 39.0 Å². The fourth-order valence-electron chi connectivity index (χ4n) is 5.98. The summed E-state index contributed by atoms with van der Waals surface area (Å²) in [6, 6.07) is 26.6. The Morgan fingerprint density at radius 1 is 0.476 bits per heavy atom. The van der Waals surface area contributed by atoms with Gasteiger partial charge in [0.1, 0.15) is 25.6 Å². The number of nitrogens with two attached hydrogens (primary N) is 2. The van der Waals surface area contributed by atoms with Gasteiger partial charge in [-0.1, -0.05) is 60.0 Å². The molecule has 0 fully saturated rings. The van der Waals surface area contributed by atoms with Crippen molar-refractivity contribution in [3.63, 3.8) is 0 Å². The Bertz CT molecular complexity index is 3330. The van der Waals surface area contributed by atoms with Crippen LogP contribution in [0.15, 0.2) is 161 Å². The van der Waals surface area contributed by atoms with Crippen molar-refractivity contribution in [2.75, 3.05) is 11.5 Å². The van der Waals surface area contributed by atoms with Gasteiger partial charge in [0.25, 0.3) is 20.2 Å². The molecule has 7 aromatic rings. The molecule has 0 atom stereocenters. The molecule has 25 heteroatoms. The molecule has 63 heavy (non-hydrogen) atoms. The first-order valence-electron chi connectivity index (χ1n) is 16.8. The van der Waals surface area contributed by atoms with E-state index in [9.17, 15) is 49.1 Å². The van der Waals surface area contributed by atoms with Crippen LogP contribution in [0.3, 0.4) is 0 Å². The van der Waals surface area contributed by atoms with Crippen molar-refractivity contribution in [2.24, 2.45) is 30.7 Å². The van der Waals surface area contributed by atoms with Gasteiger partial charge in [-0.3, -0.25) is 9.11 Å². The molecule has 0 aromatic heterocycles. The maximum Gasteiger partial charge on any atom is 1.00 e. The molecule has 0 unspecified atom stereocenters. The van der Waals surface area contributed by atoms with Crippen LogP contribution in [0, 0.1) is 0 Å². The molecule has 0 radical (unpaired) electrons. The minimum Gasteiger partial charge on any atom is -0.871 e. The molecule has 19 nitrogen and oxygen atoms in total. The van der Waals surface area contributed by atoms with E-state index in [4.69, 9.17) is 11.5 Å². The van der Waals surface area contributed by atoms with Crippen molar-refractivity contribution >= 4 is 97.4 Å². The van der Waals surface area contributed by atoms with Gasteiger partial charge in [-0.15, -0.1) is 10.2 Å². The number of hydrogen-bond donors (Lipinski definition) is 4. The Kier molecular flexibility index (Phi) is 16.6. The second kappa shape index (κ2) is 20.3. The molecule has 0 aliphatic rings. The van der Waals surface area contributed by atoms with Crippen molar-refractivity contribution in [2.45, 2.75) is 14.7 Å². The zero-order chi connectivity index (χ0) is 43.1. The van der Waals surface area contributed by atoms with Gasteiger partial charge >= 0.3 is 88.7 Å². The summed E-state index contributed by atoms with van der Waals surface area (Å²) in [6.45, 7) is 0. The summed E-state index contributed by atoms with van der Waals surface area (Å²) >= 11 is 0. The van der Waals surface area contributed by atoms with Crippen LogP contribution in [-0.2, 0) is 30.4 Å². The summed E-state index contributed by atoms with van der Waals surface area (Å²) in [6.07, 6.45) is 0. The molecule has 0 spiro atoms. The number of nitrogen functional groups attached to an aromatic ring is 2. The van der Waals surface area contributed by atoms with Crippen LogP contribution < -0.4 is 110 Å². The first-order chi connectivity index (χ1) is 28.3. The average molecular weight is 935 g/mol. The fraction of sp³-hybridized carbons (Fsp3) is 0. The quantitative estimate of drug-likeness (QED) is 0.0533. The van der Waals surface area contributed by atoms with Crippen molar-refractivity contribution in [1.29, 1.82) is 0 Å². The molecule has 7 rings (SSSR count). The summed E-state index contributed by atoms with van der Waals surface area (Å²) in [7, 11) is -15.4. The summed E-state index contributed by atoms with van der Waals surface area (Å²) < 4.78 is 106. The van der Waals surface area contributed by atoms with E-state index >= 15 is 0 Å². The second-order valence-electron chi connectivity index (χ2n) is 12.7. The first-order valence-corrected chi connectivity index (χ1v) is 21.1. The Morgan fingerprint density at radius 2 is 0.921 bits per heavy atom. The third-order valence-corrected chi connectivity index (χ3v) is 11.5. The first kappa shape index (κ1) is 51.4. The smallest absolute Gasteiger partial charge is 0.871 e. The maximum atomic E-state index is 13.9. The molecule has 0 aliphatic carbocycles. The van der Waals surface area contributed by atoms with Crippen LogP contribution in [-0.4, -0.2) is 38.9 Å². The molecular formula is C38H25N8Na3O11S3. The van der Waals surface area contributed by atoms with Gasteiger partial charge in [0, 0.05) is 16.5 Å². The minimum absolute atomic E-state index is 0. The molecule has 0 saturated carbocycles. The predicted octanol–water partition coefficient (Wildman–Crippen LogP) is -1.37. The maximum absolute atomic E-state index is 13.9. The van der Waals surface area contributed by atoms with Crippen LogP contribution in [0.2, 0.25) is 0 Å². The fourth-order valence-corrected chi connectivity index (χ4v) is 8.02. The number of fused-ring (bicyclic) bond motifs is 2. The summed E-state index contributed by atoms with van der Waals surface area (Å²) in [4.78, 5) is -2.68. The summed E-state index contributed by atoms with van der Waals surface area (Å²) in [5.74, 6) is -1.89. The van der Waals surface area contributed by atoms with Crippen LogP contribution in [0.5, 0.6) is 11.5 Å². The third-order valence-electron chi connectivity index (χ3n) is 8.83. The van der Waals surface area contributed by atoms with Crippen LogP contribution in [0.4, 0.5) is 45.5 Å². The molecule has 0 amide bonds. The normalized spacial score (nSPS) is 12.1. The standard InChI is InChI=1S/C38H28N8O11S3.3Na/c39-22-9-15-25(16-10-22)41-44-29-18-32(59(52,53)54)28-17-33(60(55,56)57)36(38(48)34(28)35(29)40)46-43-24-13-7-21(8-14-24)20-5-11-23(12-6-20)42-45-30-19-31(58(49,50)51)26-3-1-2-4-27(26)37(30)47;;;/h1-19,47-48H,39-40H2,(H,49,50,51)(H,52,53,54)(H,55,56,57);;;/q;3*+1/p-3. The molecular weight excluding hydrogens is 910 g/mol. The van der Waals surface area contributed by atoms with Crippen LogP contribution in [0.25, 0.3) is 32.7 Å². The number of rotatable bonds is 10. The molecule has 6 N–H and O–H groups in total. The Morgan fingerprint density at radius 3 is 1.41 bits per heavy atom. The number of azo groups is 3. The topological polar surface area (TPSA) is 338 Å². The summed E-state index contributed by atoms with van der Waals surface area (Å²) in [5, 5.41) is 49.1. The third kappa shape index (κ3) is 11.4. The largest absolute Gasteiger partial charge is 1.00 e. The van der Waals surface area contributed by atoms with Gasteiger partial charge in [0.2, 0.25) is 0 Å². The number of hydrogen-bond acceptors (Lipinski definition) is 17. The monoisotopic (exact) mass is 934 g/mol. The number of anilines is 2. The van der Waals surface area contributed by atoms with E-state index in [1.807, 2.05) is 0 Å². The van der Waals surface area contributed by atoms with E-state index in [0.29, 0.717) is 22.9 Å². The van der Waals surface area contributed by atoms with Crippen molar-refractivity contribution in [3.05, 3.63) is 115 Å². The van der Waals surface area contributed by atoms with Gasteiger partial charge in [-0.2, -0.15) is 37.3 Å². The van der Waals surface area contributed by atoms with E-state index in [1.165, 1.54) is 60.7 Å². The van der Waals surface area contributed by atoms with Crippen molar-refractivity contribution < 1.29 is 138 Å². The van der Waals surface area contributed by atoms with Crippen LogP contribution in [0.1, 0.15) is 0 Å². The molecule has 0 heterocycles. The molecule has 304 valence electrons. The Balaban J connectivity index is 0.00000290. The van der Waals surface area contributed by atoms with E-state index in [1.54, 1.807) is 36.4 Å². The predicted molar refractivity (Wildman–Crippen MR) is 214 cm³/mol. The number of nitrogens with zero attached hydrogens (tertiary/aromatic N) is 6. The van der Waals surface area contributed by atoms with Gasteiger partial charge < -0.3 is 26.2 Å². The molecule has 0 aliphatic heterocycles. The van der Waals surface area contributed by atoms with E-state index in [-0.39, 0.29) is 128 Å². The van der Waals surface area contributed by atoms with Gasteiger partial charge in [-0.05, 0) is 88.6 Å². The second-order valence-corrected chi connectivity index (χ2v) is 16.9. The van der Waals surface area contributed by atoms with Gasteiger partial charge in [-0.25, -0.2) is 8.42 Å². The molecule has 0 saturated heterocycles. The van der Waals surface area contributed by atoms with Crippen molar-refractivity contribution in [3.8, 4) is 22.6 Å². The van der Waals surface area contributed by atoms with Crippen LogP contribution >= 0.6 is 0 Å². The van der Waals surface area contributed by atoms with E-state index in [0.717, 1.165) is 12.1 Å². The van der Waals surface area contributed by atoms with Gasteiger partial charge in [0.15, 0.2) is 0 Å². The minimum atomic E-state index is -5.26. The van der Waals surface area contributed by atoms with E-state index in [2.05, 4.69) is 30.7 Å². The van der Waals surface area contributed by atoms with Crippen molar-refractivity contribution in [1.82, 2.24) is 0 Å².